The van der Waals surface area contributed by atoms with Gasteiger partial charge in [0.15, 0.2) is 16.6 Å². The Hall–Kier alpha value is -4.64. The van der Waals surface area contributed by atoms with Crippen LogP contribution in [-0.4, -0.2) is 52.7 Å². The number of aliphatic hydroxyl groups excluding tert-OH is 1. The predicted molar refractivity (Wildman–Crippen MR) is 149 cm³/mol. The summed E-state index contributed by atoms with van der Waals surface area (Å²) in [6.45, 7) is 8.86. The van der Waals surface area contributed by atoms with Crippen LogP contribution in [0.2, 0.25) is 0 Å². The van der Waals surface area contributed by atoms with Crippen LogP contribution in [0, 0.1) is 6.92 Å². The first kappa shape index (κ1) is 28.4. The monoisotopic (exact) mass is 564 g/mol. The molecule has 2 heterocycles. The number of ether oxygens (including phenoxy) is 3. The molecule has 208 valence electrons. The molecule has 3 aromatic rings. The fourth-order valence-electron chi connectivity index (χ4n) is 4.20. The summed E-state index contributed by atoms with van der Waals surface area (Å²) in [5.74, 6) is -2.43. The van der Waals surface area contributed by atoms with Gasteiger partial charge in [0.1, 0.15) is 23.0 Å². The molecule has 40 heavy (non-hydrogen) atoms. The first-order valence-electron chi connectivity index (χ1n) is 12.3. The number of ketones is 1. The molecule has 11 heteroatoms. The first-order chi connectivity index (χ1) is 19.1. The second kappa shape index (κ2) is 11.6. The lowest BCUT2D eigenvalue weighted by molar-refractivity contribution is -0.132. The van der Waals surface area contributed by atoms with Gasteiger partial charge in [0.25, 0.3) is 5.78 Å². The fourth-order valence-corrected chi connectivity index (χ4v) is 5.19. The maximum absolute atomic E-state index is 13.5. The van der Waals surface area contributed by atoms with Crippen molar-refractivity contribution in [1.82, 2.24) is 4.98 Å². The van der Waals surface area contributed by atoms with Gasteiger partial charge in [-0.15, -0.1) is 0 Å². The molecular formula is C29H28N2O8S. The van der Waals surface area contributed by atoms with Crippen LogP contribution >= 0.6 is 11.3 Å². The standard InChI is InChI=1S/C29H28N2O8S/c1-6-13-38-28(36)26-16(4)30-29(40-26)31-23(18-9-12-20(32)21(14-18)37-5)22(25(34)27(31)35)24(33)17-7-10-19(11-8-17)39-15(2)3/h6-12,14-15,23,32-33H,1,13H2,2-5H3/b24-22+. The van der Waals surface area contributed by atoms with Gasteiger partial charge in [-0.25, -0.2) is 9.78 Å². The van der Waals surface area contributed by atoms with Crippen LogP contribution in [0.15, 0.2) is 60.7 Å². The van der Waals surface area contributed by atoms with Crippen LogP contribution in [0.3, 0.4) is 0 Å². The second-order valence-corrected chi connectivity index (χ2v) is 10.1. The number of aromatic nitrogens is 1. The number of hydrogen-bond donors (Lipinski definition) is 2. The second-order valence-electron chi connectivity index (χ2n) is 9.09. The molecule has 1 atom stereocenters. The van der Waals surface area contributed by atoms with Gasteiger partial charge in [-0.2, -0.15) is 0 Å². The van der Waals surface area contributed by atoms with Crippen molar-refractivity contribution >= 4 is 39.9 Å². The topological polar surface area (TPSA) is 135 Å². The molecule has 1 amide bonds. The van der Waals surface area contributed by atoms with Gasteiger partial charge in [0, 0.05) is 5.56 Å². The molecule has 1 saturated heterocycles. The van der Waals surface area contributed by atoms with Crippen molar-refractivity contribution < 1.29 is 38.8 Å². The number of methoxy groups -OCH3 is 1. The number of Topliss-reactive ketones (excluding diaryl/α,β-unsaturated/α-hetero) is 1. The van der Waals surface area contributed by atoms with Gasteiger partial charge in [-0.05, 0) is 62.7 Å². The summed E-state index contributed by atoms with van der Waals surface area (Å²) in [4.78, 5) is 45.1. The van der Waals surface area contributed by atoms with E-state index in [0.717, 1.165) is 16.2 Å². The molecule has 0 spiro atoms. The molecule has 2 N–H and O–H groups in total. The smallest absolute Gasteiger partial charge is 0.350 e. The van der Waals surface area contributed by atoms with Crippen molar-refractivity contribution in [3.05, 3.63) is 82.4 Å². The molecule has 1 aliphatic heterocycles. The summed E-state index contributed by atoms with van der Waals surface area (Å²) in [5, 5.41) is 21.6. The number of aromatic hydroxyl groups is 1. The molecule has 1 fully saturated rings. The molecule has 1 aromatic heterocycles. The van der Waals surface area contributed by atoms with E-state index in [1.165, 1.54) is 31.4 Å². The Kier molecular flexibility index (Phi) is 8.24. The number of esters is 1. The lowest BCUT2D eigenvalue weighted by Crippen LogP contribution is -2.29. The molecule has 10 nitrogen and oxygen atoms in total. The number of anilines is 1. The molecular weight excluding hydrogens is 536 g/mol. The molecule has 0 saturated carbocycles. The number of thiazole rings is 1. The Morgan fingerprint density at radius 1 is 1.20 bits per heavy atom. The number of amides is 1. The zero-order valence-corrected chi connectivity index (χ0v) is 23.2. The molecule has 0 aliphatic carbocycles. The molecule has 2 aromatic carbocycles. The van der Waals surface area contributed by atoms with Crippen molar-refractivity contribution in [1.29, 1.82) is 0 Å². The number of aryl methyl sites for hydroxylation is 1. The normalized spacial score (nSPS) is 16.3. The van der Waals surface area contributed by atoms with Crippen LogP contribution in [0.4, 0.5) is 5.13 Å². The average molecular weight is 565 g/mol. The van der Waals surface area contributed by atoms with Crippen molar-refractivity contribution in [2.75, 3.05) is 18.6 Å². The maximum Gasteiger partial charge on any atom is 0.350 e. The number of aliphatic hydroxyl groups is 1. The largest absolute Gasteiger partial charge is 0.507 e. The average Bonchev–Trinajstić information content (AvgIpc) is 3.43. The van der Waals surface area contributed by atoms with Crippen LogP contribution < -0.4 is 14.4 Å². The van der Waals surface area contributed by atoms with Crippen molar-refractivity contribution in [2.45, 2.75) is 32.9 Å². The summed E-state index contributed by atoms with van der Waals surface area (Å²) in [6.07, 6.45) is 1.36. The molecule has 1 unspecified atom stereocenters. The van der Waals surface area contributed by atoms with E-state index in [2.05, 4.69) is 11.6 Å². The molecule has 0 bridgehead atoms. The van der Waals surface area contributed by atoms with E-state index in [-0.39, 0.29) is 45.4 Å². The Morgan fingerprint density at radius 2 is 1.90 bits per heavy atom. The minimum atomic E-state index is -1.15. The van der Waals surface area contributed by atoms with Crippen LogP contribution in [0.25, 0.3) is 5.76 Å². The van der Waals surface area contributed by atoms with E-state index in [9.17, 15) is 24.6 Å². The number of carbonyl (C=O) groups is 3. The zero-order valence-electron chi connectivity index (χ0n) is 22.3. The van der Waals surface area contributed by atoms with Gasteiger partial charge in [0.2, 0.25) is 0 Å². The molecule has 4 rings (SSSR count). The number of phenols is 1. The number of benzene rings is 2. The van der Waals surface area contributed by atoms with Gasteiger partial charge < -0.3 is 24.4 Å². The lowest BCUT2D eigenvalue weighted by atomic mass is 9.95. The van der Waals surface area contributed by atoms with Gasteiger partial charge in [-0.3, -0.25) is 14.5 Å². The van der Waals surface area contributed by atoms with Crippen molar-refractivity contribution in [3.63, 3.8) is 0 Å². The van der Waals surface area contributed by atoms with Gasteiger partial charge in [-0.1, -0.05) is 30.1 Å². The van der Waals surface area contributed by atoms with E-state index in [4.69, 9.17) is 14.2 Å². The van der Waals surface area contributed by atoms with Crippen LogP contribution in [0.1, 0.15) is 46.4 Å². The SMILES string of the molecule is C=CCOC(=O)c1sc(N2C(=O)C(=O)/C(=C(/O)c3ccc(OC(C)C)cc3)C2c2ccc(O)c(OC)c2)nc1C. The van der Waals surface area contributed by atoms with Crippen LogP contribution in [-0.2, 0) is 14.3 Å². The summed E-state index contributed by atoms with van der Waals surface area (Å²) >= 11 is 0.881. The zero-order chi connectivity index (χ0) is 29.1. The fraction of sp³-hybridized carbons (Fsp3) is 0.241. The Labute approximate surface area is 234 Å². The molecule has 0 radical (unpaired) electrons. The van der Waals surface area contributed by atoms with Crippen molar-refractivity contribution in [3.8, 4) is 17.2 Å². The quantitative estimate of drug-likeness (QED) is 0.122. The predicted octanol–water partition coefficient (Wildman–Crippen LogP) is 4.92. The third-order valence-corrected chi connectivity index (χ3v) is 7.11. The highest BCUT2D eigenvalue weighted by Gasteiger charge is 2.48. The third-order valence-electron chi connectivity index (χ3n) is 5.97. The van der Waals surface area contributed by atoms with E-state index < -0.39 is 29.5 Å². The highest BCUT2D eigenvalue weighted by molar-refractivity contribution is 7.17. The molecule has 1 aliphatic rings. The Bertz CT molecular complexity index is 1510. The lowest BCUT2D eigenvalue weighted by Gasteiger charge is -2.23. The number of rotatable bonds is 9. The van der Waals surface area contributed by atoms with Gasteiger partial charge >= 0.3 is 11.9 Å². The maximum atomic E-state index is 13.5. The summed E-state index contributed by atoms with van der Waals surface area (Å²) in [7, 11) is 1.36. The van der Waals surface area contributed by atoms with E-state index in [1.54, 1.807) is 31.2 Å². The minimum Gasteiger partial charge on any atom is -0.507 e. The summed E-state index contributed by atoms with van der Waals surface area (Å²) in [6, 6.07) is 9.64. The minimum absolute atomic E-state index is 0.00960. The van der Waals surface area contributed by atoms with E-state index in [1.807, 2.05) is 13.8 Å². The number of nitrogens with zero attached hydrogens (tertiary/aromatic N) is 2. The Morgan fingerprint density at radius 3 is 2.52 bits per heavy atom. The number of carbonyl (C=O) groups excluding carboxylic acids is 3. The van der Waals surface area contributed by atoms with E-state index in [0.29, 0.717) is 17.0 Å². The van der Waals surface area contributed by atoms with Crippen LogP contribution in [0.5, 0.6) is 17.2 Å². The highest BCUT2D eigenvalue weighted by Crippen LogP contribution is 2.45. The van der Waals surface area contributed by atoms with Crippen molar-refractivity contribution in [2.24, 2.45) is 0 Å². The highest BCUT2D eigenvalue weighted by atomic mass is 32.1. The number of hydrogen-bond acceptors (Lipinski definition) is 10. The first-order valence-corrected chi connectivity index (χ1v) is 13.1. The number of phenolic OH excluding ortho intramolecular Hbond substituents is 1. The van der Waals surface area contributed by atoms with Gasteiger partial charge in [0.05, 0.1) is 30.5 Å². The Balaban J connectivity index is 1.88. The summed E-state index contributed by atoms with van der Waals surface area (Å²) < 4.78 is 16.0. The van der Waals surface area contributed by atoms with E-state index >= 15 is 0 Å². The summed E-state index contributed by atoms with van der Waals surface area (Å²) in [5.41, 5.74) is 0.755. The third kappa shape index (κ3) is 5.41.